The third kappa shape index (κ3) is 2.50. The highest BCUT2D eigenvalue weighted by atomic mass is 32.2. The topological polar surface area (TPSA) is 103 Å². The lowest BCUT2D eigenvalue weighted by Gasteiger charge is -2.29. The normalized spacial score (nSPS) is 18.6. The Labute approximate surface area is 111 Å². The fourth-order valence-electron chi connectivity index (χ4n) is 2.23. The highest BCUT2D eigenvalue weighted by Crippen LogP contribution is 2.26. The van der Waals surface area contributed by atoms with Crippen LogP contribution in [0.25, 0.3) is 0 Å². The summed E-state index contributed by atoms with van der Waals surface area (Å²) in [5.41, 5.74) is -0.174. The minimum Gasteiger partial charge on any atom is -0.476 e. The zero-order valence-electron chi connectivity index (χ0n) is 10.9. The third-order valence-electron chi connectivity index (χ3n) is 3.43. The quantitative estimate of drug-likeness (QED) is 0.857. The van der Waals surface area contributed by atoms with Crippen LogP contribution in [0.2, 0.25) is 0 Å². The predicted molar refractivity (Wildman–Crippen MR) is 67.4 cm³/mol. The molecule has 1 aliphatic rings. The molecule has 106 valence electrons. The molecule has 1 aliphatic heterocycles. The Morgan fingerprint density at radius 1 is 1.42 bits per heavy atom. The number of rotatable bonds is 3. The second kappa shape index (κ2) is 4.93. The number of H-pyrrole nitrogens is 1. The maximum Gasteiger partial charge on any atom is 0.357 e. The minimum absolute atomic E-state index is 0.213. The van der Waals surface area contributed by atoms with Crippen molar-refractivity contribution in [3.63, 3.8) is 0 Å². The van der Waals surface area contributed by atoms with E-state index in [1.54, 1.807) is 0 Å². The van der Waals surface area contributed by atoms with Crippen molar-refractivity contribution in [2.45, 2.75) is 31.6 Å². The number of aromatic nitrogens is 2. The van der Waals surface area contributed by atoms with Crippen LogP contribution in [0.15, 0.2) is 4.90 Å². The van der Waals surface area contributed by atoms with Gasteiger partial charge in [-0.3, -0.25) is 5.10 Å². The molecule has 1 aromatic rings. The molecular weight excluding hydrogens is 270 g/mol. The smallest absolute Gasteiger partial charge is 0.357 e. The number of hydrogen-bond acceptors (Lipinski definition) is 4. The first-order valence-electron chi connectivity index (χ1n) is 6.12. The van der Waals surface area contributed by atoms with Crippen molar-refractivity contribution in [1.82, 2.24) is 14.5 Å². The number of carboxylic acid groups (broad SMARTS) is 1. The number of sulfonamides is 1. The summed E-state index contributed by atoms with van der Waals surface area (Å²) in [7, 11) is -3.79. The Morgan fingerprint density at radius 2 is 2.00 bits per heavy atom. The average Bonchev–Trinajstić information content (AvgIpc) is 2.72. The summed E-state index contributed by atoms with van der Waals surface area (Å²) < 4.78 is 26.4. The van der Waals surface area contributed by atoms with Crippen LogP contribution in [0.4, 0.5) is 0 Å². The number of aromatic carboxylic acids is 1. The standard InChI is InChI=1S/C11H17N3O4S/c1-7-3-5-14(6-4-7)19(17,18)10-8(2)12-13-9(10)11(15)16/h7H,3-6H2,1-2H3,(H,12,13)(H,15,16). The van der Waals surface area contributed by atoms with Gasteiger partial charge in [0, 0.05) is 13.1 Å². The zero-order valence-corrected chi connectivity index (χ0v) is 11.7. The lowest BCUT2D eigenvalue weighted by atomic mass is 10.0. The van der Waals surface area contributed by atoms with Gasteiger partial charge in [-0.2, -0.15) is 9.40 Å². The van der Waals surface area contributed by atoms with E-state index in [1.807, 2.05) is 0 Å². The molecule has 0 saturated carbocycles. The number of piperidine rings is 1. The molecule has 2 N–H and O–H groups in total. The van der Waals surface area contributed by atoms with E-state index < -0.39 is 21.7 Å². The second-order valence-electron chi connectivity index (χ2n) is 4.92. The highest BCUT2D eigenvalue weighted by molar-refractivity contribution is 7.89. The highest BCUT2D eigenvalue weighted by Gasteiger charge is 2.34. The molecular formula is C11H17N3O4S. The second-order valence-corrected chi connectivity index (χ2v) is 6.79. The van der Waals surface area contributed by atoms with E-state index in [1.165, 1.54) is 11.2 Å². The molecule has 0 aromatic carbocycles. The predicted octanol–water partition coefficient (Wildman–Crippen LogP) is 0.837. The van der Waals surface area contributed by atoms with Crippen LogP contribution in [0.3, 0.4) is 0 Å². The number of nitrogens with one attached hydrogen (secondary N) is 1. The Bertz CT molecular complexity index is 585. The van der Waals surface area contributed by atoms with Gasteiger partial charge in [0.2, 0.25) is 10.0 Å². The number of aryl methyl sites for hydroxylation is 1. The van der Waals surface area contributed by atoms with Crippen molar-refractivity contribution in [3.8, 4) is 0 Å². The molecule has 2 heterocycles. The molecule has 0 unspecified atom stereocenters. The number of carbonyl (C=O) groups is 1. The van der Waals surface area contributed by atoms with Crippen molar-refractivity contribution in [2.24, 2.45) is 5.92 Å². The first-order valence-corrected chi connectivity index (χ1v) is 7.56. The van der Waals surface area contributed by atoms with Crippen LogP contribution < -0.4 is 0 Å². The summed E-state index contributed by atoms with van der Waals surface area (Å²) in [6, 6.07) is 0. The zero-order chi connectivity index (χ0) is 14.2. The summed E-state index contributed by atoms with van der Waals surface area (Å²) in [4.78, 5) is 10.8. The van der Waals surface area contributed by atoms with Crippen LogP contribution in [0, 0.1) is 12.8 Å². The van der Waals surface area contributed by atoms with Crippen molar-refractivity contribution in [2.75, 3.05) is 13.1 Å². The van der Waals surface area contributed by atoms with E-state index in [0.29, 0.717) is 19.0 Å². The first kappa shape index (κ1) is 14.0. The fraction of sp³-hybridized carbons (Fsp3) is 0.636. The molecule has 0 spiro atoms. The Morgan fingerprint density at radius 3 is 2.53 bits per heavy atom. The molecule has 1 saturated heterocycles. The molecule has 0 amide bonds. The first-order chi connectivity index (χ1) is 8.84. The molecule has 19 heavy (non-hydrogen) atoms. The summed E-state index contributed by atoms with van der Waals surface area (Å²) in [6.45, 7) is 4.44. The Balaban J connectivity index is 2.40. The van der Waals surface area contributed by atoms with E-state index in [9.17, 15) is 13.2 Å². The molecule has 1 aromatic heterocycles. The van der Waals surface area contributed by atoms with Crippen molar-refractivity contribution < 1.29 is 18.3 Å². The van der Waals surface area contributed by atoms with Crippen molar-refractivity contribution >= 4 is 16.0 Å². The lowest BCUT2D eigenvalue weighted by molar-refractivity contribution is 0.0686. The molecule has 8 heteroatoms. The van der Waals surface area contributed by atoms with E-state index in [-0.39, 0.29) is 10.6 Å². The molecule has 0 radical (unpaired) electrons. The van der Waals surface area contributed by atoms with E-state index in [0.717, 1.165) is 12.8 Å². The van der Waals surface area contributed by atoms with Gasteiger partial charge in [-0.1, -0.05) is 6.92 Å². The number of nitrogens with zero attached hydrogens (tertiary/aromatic N) is 2. The molecule has 1 fully saturated rings. The van der Waals surface area contributed by atoms with Gasteiger partial charge in [-0.15, -0.1) is 0 Å². The fourth-order valence-corrected chi connectivity index (χ4v) is 3.99. The van der Waals surface area contributed by atoms with Gasteiger partial charge in [-0.25, -0.2) is 13.2 Å². The SMILES string of the molecule is Cc1[nH]nc(C(=O)O)c1S(=O)(=O)N1CCC(C)CC1. The largest absolute Gasteiger partial charge is 0.476 e. The molecule has 2 rings (SSSR count). The Kier molecular flexibility index (Phi) is 3.64. The van der Waals surface area contributed by atoms with E-state index >= 15 is 0 Å². The maximum absolute atomic E-state index is 12.5. The molecule has 7 nitrogen and oxygen atoms in total. The van der Waals surface area contributed by atoms with Gasteiger partial charge in [0.05, 0.1) is 5.69 Å². The lowest BCUT2D eigenvalue weighted by Crippen LogP contribution is -2.38. The van der Waals surface area contributed by atoms with Gasteiger partial charge in [-0.05, 0) is 25.7 Å². The van der Waals surface area contributed by atoms with Crippen LogP contribution in [-0.4, -0.2) is 47.1 Å². The number of hydrogen-bond donors (Lipinski definition) is 2. The average molecular weight is 287 g/mol. The molecule has 0 atom stereocenters. The molecule has 0 aliphatic carbocycles. The maximum atomic E-state index is 12.5. The van der Waals surface area contributed by atoms with E-state index in [2.05, 4.69) is 17.1 Å². The Hall–Kier alpha value is -1.41. The van der Waals surface area contributed by atoms with Gasteiger partial charge in [0.25, 0.3) is 0 Å². The summed E-state index contributed by atoms with van der Waals surface area (Å²) in [5.74, 6) is -0.843. The number of aromatic amines is 1. The van der Waals surface area contributed by atoms with Gasteiger partial charge in [0.15, 0.2) is 5.69 Å². The van der Waals surface area contributed by atoms with E-state index in [4.69, 9.17) is 5.11 Å². The molecule has 0 bridgehead atoms. The minimum atomic E-state index is -3.79. The summed E-state index contributed by atoms with van der Waals surface area (Å²) >= 11 is 0. The van der Waals surface area contributed by atoms with Gasteiger partial charge in [0.1, 0.15) is 4.90 Å². The van der Waals surface area contributed by atoms with Crippen molar-refractivity contribution in [1.29, 1.82) is 0 Å². The van der Waals surface area contributed by atoms with Crippen molar-refractivity contribution in [3.05, 3.63) is 11.4 Å². The third-order valence-corrected chi connectivity index (χ3v) is 5.49. The van der Waals surface area contributed by atoms with Crippen LogP contribution in [0.1, 0.15) is 35.9 Å². The van der Waals surface area contributed by atoms with Gasteiger partial charge < -0.3 is 5.11 Å². The summed E-state index contributed by atoms with van der Waals surface area (Å²) in [5, 5.41) is 15.0. The number of carboxylic acids is 1. The van der Waals surface area contributed by atoms with Crippen LogP contribution >= 0.6 is 0 Å². The van der Waals surface area contributed by atoms with Gasteiger partial charge >= 0.3 is 5.97 Å². The monoisotopic (exact) mass is 287 g/mol. The summed E-state index contributed by atoms with van der Waals surface area (Å²) in [6.07, 6.45) is 1.58. The van der Waals surface area contributed by atoms with Crippen LogP contribution in [-0.2, 0) is 10.0 Å². The van der Waals surface area contributed by atoms with Crippen LogP contribution in [0.5, 0.6) is 0 Å².